The maximum Gasteiger partial charge on any atom is 0.133 e. The molecule has 2 aromatic heterocycles. The maximum absolute atomic E-state index is 11.6. The second-order valence-electron chi connectivity index (χ2n) is 16.0. The Morgan fingerprint density at radius 2 is 0.409 bits per heavy atom. The first kappa shape index (κ1) is 42.4. The van der Waals surface area contributed by atoms with E-state index in [2.05, 4.69) is 0 Å². The van der Waals surface area contributed by atoms with Crippen LogP contribution in [0.4, 0.5) is 0 Å². The van der Waals surface area contributed by atoms with Crippen molar-refractivity contribution in [1.29, 1.82) is 0 Å². The SMILES string of the molecule is Cc1cc2cnc3ccccc3ncc3cc(C)cc(cnc4cc5ncc6cc(C)cc(cnc7ccccc7ncc7cc(C)cc(cnc5cc4ncc(c1)c2O)c7O)c6O)c3O. The van der Waals surface area contributed by atoms with Gasteiger partial charge in [0.2, 0.25) is 0 Å². The minimum atomic E-state index is -0.0325. The highest BCUT2D eigenvalue weighted by Crippen LogP contribution is 2.30. The Labute approximate surface area is 377 Å². The van der Waals surface area contributed by atoms with Crippen LogP contribution in [0, 0.1) is 27.7 Å². The number of hydrogen-bond acceptors (Lipinski definition) is 12. The van der Waals surface area contributed by atoms with E-state index in [4.69, 9.17) is 39.9 Å². The van der Waals surface area contributed by atoms with Gasteiger partial charge in [-0.15, -0.1) is 0 Å². The smallest absolute Gasteiger partial charge is 0.133 e. The van der Waals surface area contributed by atoms with Crippen LogP contribution < -0.4 is 0 Å². The molecule has 0 radical (unpaired) electrons. The second kappa shape index (κ2) is 18.1. The number of hydrogen-bond donors (Lipinski definition) is 4. The van der Waals surface area contributed by atoms with E-state index in [0.29, 0.717) is 87.2 Å². The molecule has 0 saturated carbocycles. The highest BCUT2D eigenvalue weighted by atomic mass is 16.3. The van der Waals surface area contributed by atoms with Crippen molar-refractivity contribution in [2.75, 3.05) is 0 Å². The molecule has 66 heavy (non-hydrogen) atoms. The summed E-state index contributed by atoms with van der Waals surface area (Å²) in [5.74, 6) is -0.130. The molecule has 4 N–H and O–H groups in total. The van der Waals surface area contributed by atoms with Crippen LogP contribution in [0.3, 0.4) is 0 Å². The van der Waals surface area contributed by atoms with Gasteiger partial charge in [0.1, 0.15) is 23.0 Å². The zero-order valence-electron chi connectivity index (χ0n) is 36.4. The van der Waals surface area contributed by atoms with E-state index in [1.807, 2.05) is 125 Å². The number of phenols is 4. The lowest BCUT2D eigenvalue weighted by Gasteiger charge is -2.02. The van der Waals surface area contributed by atoms with Gasteiger partial charge in [0.15, 0.2) is 0 Å². The average molecular weight is 867 g/mol. The minimum Gasteiger partial charge on any atom is -0.507 e. The third-order valence-electron chi connectivity index (χ3n) is 10.8. The van der Waals surface area contributed by atoms with E-state index in [0.717, 1.165) is 22.3 Å². The van der Waals surface area contributed by atoms with Crippen molar-refractivity contribution in [1.82, 2.24) is 39.9 Å². The number of aromatic hydroxyl groups is 4. The molecular formula is C54H42N8O4. The lowest BCUT2D eigenvalue weighted by molar-refractivity contribution is 0.486. The van der Waals surface area contributed by atoms with E-state index >= 15 is 0 Å². The summed E-state index contributed by atoms with van der Waals surface area (Å²) in [6.07, 6.45) is 12.5. The van der Waals surface area contributed by atoms with E-state index in [-0.39, 0.29) is 23.0 Å². The molecule has 9 aromatic rings. The third-order valence-corrected chi connectivity index (χ3v) is 10.8. The lowest BCUT2D eigenvalue weighted by Crippen LogP contribution is -1.85. The van der Waals surface area contributed by atoms with Gasteiger partial charge in [0.25, 0.3) is 0 Å². The topological polar surface area (TPSA) is 184 Å². The zero-order valence-corrected chi connectivity index (χ0v) is 36.4. The summed E-state index contributed by atoms with van der Waals surface area (Å²) >= 11 is 0. The molecule has 0 saturated heterocycles. The molecule has 0 aliphatic heterocycles. The Bertz CT molecular complexity index is 3350. The summed E-state index contributed by atoms with van der Waals surface area (Å²) in [4.78, 5) is 38.3. The van der Waals surface area contributed by atoms with Crippen LogP contribution in [0.2, 0.25) is 0 Å². The number of phenolic OH excluding ortho intramolecular Hbond substituents is 4. The van der Waals surface area contributed by atoms with Gasteiger partial charge in [-0.25, -0.2) is 0 Å². The minimum absolute atomic E-state index is 0.0325. The molecule has 9 rings (SSSR count). The summed E-state index contributed by atoms with van der Waals surface area (Å²) in [6.45, 7) is 7.67. The Hall–Kier alpha value is -8.90. The number of aryl methyl sites for hydroxylation is 4. The number of rotatable bonds is 0. The Balaban J connectivity index is 1.44. The van der Waals surface area contributed by atoms with Gasteiger partial charge >= 0.3 is 0 Å². The van der Waals surface area contributed by atoms with Gasteiger partial charge in [-0.2, -0.15) is 0 Å². The van der Waals surface area contributed by atoms with E-state index < -0.39 is 0 Å². The Morgan fingerprint density at radius 3 is 0.591 bits per heavy atom. The van der Waals surface area contributed by atoms with Crippen LogP contribution in [0.1, 0.15) is 22.3 Å². The van der Waals surface area contributed by atoms with Crippen molar-refractivity contribution in [3.05, 3.63) is 181 Å². The van der Waals surface area contributed by atoms with Gasteiger partial charge in [-0.05, 0) is 135 Å². The average Bonchev–Trinajstić information content (AvgIpc) is 3.30. The van der Waals surface area contributed by atoms with Gasteiger partial charge < -0.3 is 20.4 Å². The largest absolute Gasteiger partial charge is 0.507 e. The number of aromatic nitrogens is 8. The van der Waals surface area contributed by atoms with E-state index in [1.54, 1.807) is 61.7 Å². The molecule has 0 spiro atoms. The quantitative estimate of drug-likeness (QED) is 0.113. The summed E-state index contributed by atoms with van der Waals surface area (Å²) < 4.78 is 0. The third kappa shape index (κ3) is 9.10. The molecule has 0 unspecified atom stereocenters. The van der Waals surface area contributed by atoms with Crippen LogP contribution in [0.5, 0.6) is 23.0 Å². The van der Waals surface area contributed by atoms with Crippen LogP contribution >= 0.6 is 0 Å². The number of fused-ring (bicyclic) bond motifs is 12. The standard InChI is InChI=1S/C54H42N8O4/c1-31-13-35-23-55-43-9-5-6-10-44(43)56-24-36-14-32(2)18-40(52(36)64)28-60-48-22-50-49(21-47(48)59-27-39(17-31)51(35)63)61-29-41-19-33(3)15-37(53(41)65)25-57-45-11-7-8-12-46(45)58-26-38-16-34(4)20-42(30-62-50)54(38)66/h5-30,63-66H,1-4H3. The monoisotopic (exact) mass is 866 g/mol. The van der Waals surface area contributed by atoms with Crippen molar-refractivity contribution in [3.8, 4) is 23.0 Å². The van der Waals surface area contributed by atoms with Gasteiger partial charge in [0.05, 0.1) is 44.1 Å². The molecule has 12 heteroatoms. The van der Waals surface area contributed by atoms with Crippen LogP contribution in [0.25, 0.3) is 87.2 Å². The highest BCUT2D eigenvalue weighted by Gasteiger charge is 2.07. The molecule has 0 aliphatic rings. The maximum atomic E-state index is 11.6. The summed E-state index contributed by atoms with van der Waals surface area (Å²) in [5, 5.41) is 49.9. The molecule has 8 bridgehead atoms. The van der Waals surface area contributed by atoms with E-state index in [1.165, 1.54) is 0 Å². The van der Waals surface area contributed by atoms with E-state index in [9.17, 15) is 20.4 Å². The lowest BCUT2D eigenvalue weighted by atomic mass is 10.1. The van der Waals surface area contributed by atoms with Crippen molar-refractivity contribution in [2.24, 2.45) is 0 Å². The highest BCUT2D eigenvalue weighted by molar-refractivity contribution is 5.92. The molecule has 0 amide bonds. The first-order valence-electron chi connectivity index (χ1n) is 21.0. The predicted octanol–water partition coefficient (Wildman–Crippen LogP) is 11.8. The molecule has 7 aromatic carbocycles. The van der Waals surface area contributed by atoms with Crippen molar-refractivity contribution in [2.45, 2.75) is 27.7 Å². The second-order valence-corrected chi connectivity index (χ2v) is 16.0. The molecule has 322 valence electrons. The van der Waals surface area contributed by atoms with Crippen molar-refractivity contribution in [3.63, 3.8) is 0 Å². The van der Waals surface area contributed by atoms with Gasteiger partial charge in [-0.3, -0.25) is 39.9 Å². The fourth-order valence-electron chi connectivity index (χ4n) is 7.58. The number of nitrogens with zero attached hydrogens (tertiary/aromatic N) is 8. The van der Waals surface area contributed by atoms with Crippen molar-refractivity contribution >= 4 is 87.2 Å². The van der Waals surface area contributed by atoms with Gasteiger partial charge in [0, 0.05) is 92.7 Å². The van der Waals surface area contributed by atoms with Crippen LogP contribution in [0.15, 0.2) is 159 Å². The number of benzene rings is 7. The summed E-state index contributed by atoms with van der Waals surface area (Å²) in [7, 11) is 0. The first-order chi connectivity index (χ1) is 31.9. The van der Waals surface area contributed by atoms with Crippen LogP contribution in [-0.4, -0.2) is 60.3 Å². The normalized spacial score (nSPS) is 11.0. The van der Waals surface area contributed by atoms with Crippen LogP contribution in [-0.2, 0) is 0 Å². The Kier molecular flexibility index (Phi) is 11.6. The molecule has 0 aliphatic carbocycles. The fraction of sp³-hybridized carbons (Fsp3) is 0.0741. The van der Waals surface area contributed by atoms with Gasteiger partial charge in [-0.1, -0.05) is 24.3 Å². The molecule has 2 heterocycles. The van der Waals surface area contributed by atoms with Crippen molar-refractivity contribution < 1.29 is 20.4 Å². The zero-order chi connectivity index (χ0) is 45.9. The fourth-order valence-corrected chi connectivity index (χ4v) is 7.58. The predicted molar refractivity (Wildman–Crippen MR) is 263 cm³/mol. The molecular weight excluding hydrogens is 825 g/mol. The molecule has 0 atom stereocenters. The summed E-state index contributed by atoms with van der Waals surface area (Å²) in [6, 6.07) is 32.6. The first-order valence-corrected chi connectivity index (χ1v) is 21.0. The molecule has 0 fully saturated rings. The number of para-hydroxylation sites is 4. The summed E-state index contributed by atoms with van der Waals surface area (Å²) in [5.41, 5.74) is 7.08. The molecule has 12 nitrogen and oxygen atoms in total. The Morgan fingerprint density at radius 1 is 0.242 bits per heavy atom.